The van der Waals surface area contributed by atoms with E-state index in [9.17, 15) is 17.6 Å². The van der Waals surface area contributed by atoms with Crippen LogP contribution in [0.25, 0.3) is 0 Å². The van der Waals surface area contributed by atoms with Crippen molar-refractivity contribution in [2.45, 2.75) is 6.42 Å². The van der Waals surface area contributed by atoms with Gasteiger partial charge in [0.15, 0.2) is 0 Å². The van der Waals surface area contributed by atoms with E-state index in [1.807, 2.05) is 0 Å². The zero-order chi connectivity index (χ0) is 15.8. The fraction of sp³-hybridized carbons (Fsp3) is 0.417. The van der Waals surface area contributed by atoms with Crippen LogP contribution in [0.1, 0.15) is 6.42 Å². The van der Waals surface area contributed by atoms with Crippen LogP contribution >= 0.6 is 26.6 Å². The van der Waals surface area contributed by atoms with Crippen LogP contribution in [0.2, 0.25) is 0 Å². The van der Waals surface area contributed by atoms with Crippen molar-refractivity contribution in [2.24, 2.45) is 5.92 Å². The summed E-state index contributed by atoms with van der Waals surface area (Å²) in [5.74, 6) is -1.22. The van der Waals surface area contributed by atoms with Crippen LogP contribution < -0.4 is 9.64 Å². The van der Waals surface area contributed by atoms with E-state index < -0.39 is 20.8 Å². The summed E-state index contributed by atoms with van der Waals surface area (Å²) in [5, 5.41) is 0. The van der Waals surface area contributed by atoms with Crippen LogP contribution in [0.15, 0.2) is 16.6 Å². The molecule has 21 heavy (non-hydrogen) atoms. The molecule has 0 N–H and O–H groups in total. The van der Waals surface area contributed by atoms with Crippen molar-refractivity contribution in [1.29, 1.82) is 0 Å². The van der Waals surface area contributed by atoms with Crippen molar-refractivity contribution in [3.63, 3.8) is 0 Å². The molecule has 0 spiro atoms. The van der Waals surface area contributed by atoms with E-state index in [4.69, 9.17) is 15.4 Å². The molecule has 5 nitrogen and oxygen atoms in total. The average molecular weight is 401 g/mol. The van der Waals surface area contributed by atoms with Crippen molar-refractivity contribution in [2.75, 3.05) is 24.3 Å². The monoisotopic (exact) mass is 399 g/mol. The van der Waals surface area contributed by atoms with Gasteiger partial charge in [0.1, 0.15) is 11.6 Å². The van der Waals surface area contributed by atoms with Crippen molar-refractivity contribution >= 4 is 47.3 Å². The van der Waals surface area contributed by atoms with Crippen molar-refractivity contribution in [3.05, 3.63) is 22.4 Å². The highest BCUT2D eigenvalue weighted by molar-refractivity contribution is 9.10. The summed E-state index contributed by atoms with van der Waals surface area (Å²) in [6, 6.07) is 2.60. The average Bonchev–Trinajstić information content (AvgIpc) is 2.70. The lowest BCUT2D eigenvalue weighted by Gasteiger charge is -2.20. The molecule has 1 unspecified atom stereocenters. The van der Waals surface area contributed by atoms with Crippen LogP contribution in [-0.2, 0) is 13.8 Å². The van der Waals surface area contributed by atoms with Gasteiger partial charge >= 0.3 is 0 Å². The van der Waals surface area contributed by atoms with Crippen LogP contribution in [0.3, 0.4) is 0 Å². The molecule has 1 amide bonds. The molecular weight excluding hydrogens is 389 g/mol. The highest BCUT2D eigenvalue weighted by Crippen LogP contribution is 2.37. The standard InChI is InChI=1S/C12H12BrClFNO4S/c1-20-11-3-8(13)9(15)4-10(11)16-5-7(2-12(16)17)6-21(14,18)19/h3-4,7H,2,5-6H2,1H3. The molecule has 0 aliphatic carbocycles. The fourth-order valence-electron chi connectivity index (χ4n) is 2.30. The third kappa shape index (κ3) is 3.87. The molecule has 1 fully saturated rings. The van der Waals surface area contributed by atoms with Gasteiger partial charge in [-0.05, 0) is 22.0 Å². The van der Waals surface area contributed by atoms with E-state index in [0.29, 0.717) is 5.75 Å². The quantitative estimate of drug-likeness (QED) is 0.729. The molecule has 1 aromatic carbocycles. The van der Waals surface area contributed by atoms with Gasteiger partial charge in [-0.25, -0.2) is 12.8 Å². The van der Waals surface area contributed by atoms with E-state index in [0.717, 1.165) is 0 Å². The number of anilines is 1. The molecule has 0 saturated carbocycles. The first kappa shape index (κ1) is 16.5. The number of methoxy groups -OCH3 is 1. The number of hydrogen-bond acceptors (Lipinski definition) is 4. The van der Waals surface area contributed by atoms with Gasteiger partial charge in [0.25, 0.3) is 0 Å². The lowest BCUT2D eigenvalue weighted by atomic mass is 10.1. The molecule has 0 radical (unpaired) electrons. The van der Waals surface area contributed by atoms with Crippen molar-refractivity contribution in [1.82, 2.24) is 0 Å². The van der Waals surface area contributed by atoms with Gasteiger partial charge < -0.3 is 9.64 Å². The summed E-state index contributed by atoms with van der Waals surface area (Å²) in [4.78, 5) is 13.4. The zero-order valence-electron chi connectivity index (χ0n) is 11.0. The van der Waals surface area contributed by atoms with Gasteiger partial charge in [-0.2, -0.15) is 0 Å². The molecule has 0 bridgehead atoms. The SMILES string of the molecule is COc1cc(Br)c(F)cc1N1CC(CS(=O)(=O)Cl)CC1=O. The molecule has 9 heteroatoms. The third-order valence-corrected chi connectivity index (χ3v) is 5.01. The molecule has 1 aliphatic heterocycles. The first-order chi connectivity index (χ1) is 9.71. The Kier molecular flexibility index (Phi) is 4.79. The summed E-state index contributed by atoms with van der Waals surface area (Å²) in [6.45, 7) is 0.155. The Labute approximate surface area is 134 Å². The lowest BCUT2D eigenvalue weighted by molar-refractivity contribution is -0.117. The number of hydrogen-bond donors (Lipinski definition) is 0. The number of amides is 1. The van der Waals surface area contributed by atoms with Crippen LogP contribution in [-0.4, -0.2) is 33.7 Å². The van der Waals surface area contributed by atoms with E-state index in [1.165, 1.54) is 24.1 Å². The Morgan fingerprint density at radius 3 is 2.76 bits per heavy atom. The molecule has 0 aromatic heterocycles. The zero-order valence-corrected chi connectivity index (χ0v) is 14.1. The van der Waals surface area contributed by atoms with Crippen molar-refractivity contribution < 1.29 is 22.3 Å². The summed E-state index contributed by atoms with van der Waals surface area (Å²) < 4.78 is 41.3. The molecule has 1 aliphatic rings. The van der Waals surface area contributed by atoms with E-state index in [2.05, 4.69) is 15.9 Å². The predicted octanol–water partition coefficient (Wildman–Crippen LogP) is 2.52. The molecule has 116 valence electrons. The predicted molar refractivity (Wildman–Crippen MR) is 80.8 cm³/mol. The van der Waals surface area contributed by atoms with Gasteiger partial charge in [0.05, 0.1) is 23.0 Å². The Hall–Kier alpha value is -0.860. The maximum absolute atomic E-state index is 13.7. The lowest BCUT2D eigenvalue weighted by Crippen LogP contribution is -2.26. The molecule has 1 heterocycles. The fourth-order valence-corrected chi connectivity index (χ4v) is 3.94. The van der Waals surface area contributed by atoms with Gasteiger partial charge in [-0.15, -0.1) is 0 Å². The Balaban J connectivity index is 2.31. The van der Waals surface area contributed by atoms with Gasteiger partial charge in [0.2, 0.25) is 15.0 Å². The smallest absolute Gasteiger partial charge is 0.232 e. The minimum absolute atomic E-state index is 0.0484. The number of carbonyl (C=O) groups excluding carboxylic acids is 1. The number of benzene rings is 1. The van der Waals surface area contributed by atoms with Gasteiger partial charge in [-0.1, -0.05) is 0 Å². The van der Waals surface area contributed by atoms with E-state index in [-0.39, 0.29) is 34.8 Å². The second-order valence-corrected chi connectivity index (χ2v) is 8.39. The molecule has 1 saturated heterocycles. The normalized spacial score (nSPS) is 19.1. The first-order valence-electron chi connectivity index (χ1n) is 5.97. The van der Waals surface area contributed by atoms with Gasteiger partial charge in [0, 0.05) is 35.6 Å². The van der Waals surface area contributed by atoms with Gasteiger partial charge in [-0.3, -0.25) is 4.79 Å². The first-order valence-corrected chi connectivity index (χ1v) is 9.24. The minimum Gasteiger partial charge on any atom is -0.495 e. The largest absolute Gasteiger partial charge is 0.495 e. The molecule has 1 aromatic rings. The summed E-state index contributed by atoms with van der Waals surface area (Å²) in [7, 11) is 2.93. The molecular formula is C12H12BrClFNO4S. The number of carbonyl (C=O) groups is 1. The second kappa shape index (κ2) is 6.10. The summed E-state index contributed by atoms with van der Waals surface area (Å²) in [5.41, 5.74) is 0.276. The highest BCUT2D eigenvalue weighted by atomic mass is 79.9. The number of ether oxygens (including phenoxy) is 1. The maximum Gasteiger partial charge on any atom is 0.232 e. The molecule has 1 atom stereocenters. The summed E-state index contributed by atoms with van der Waals surface area (Å²) in [6.07, 6.45) is 0.0484. The Bertz CT molecular complexity index is 682. The topological polar surface area (TPSA) is 63.7 Å². The highest BCUT2D eigenvalue weighted by Gasteiger charge is 2.34. The molecule has 2 rings (SSSR count). The maximum atomic E-state index is 13.7. The van der Waals surface area contributed by atoms with Crippen LogP contribution in [0, 0.1) is 11.7 Å². The number of halogens is 3. The second-order valence-electron chi connectivity index (χ2n) is 4.72. The van der Waals surface area contributed by atoms with Crippen LogP contribution in [0.5, 0.6) is 5.75 Å². The van der Waals surface area contributed by atoms with E-state index >= 15 is 0 Å². The third-order valence-electron chi connectivity index (χ3n) is 3.15. The number of nitrogens with zero attached hydrogens (tertiary/aromatic N) is 1. The number of rotatable bonds is 4. The summed E-state index contributed by atoms with van der Waals surface area (Å²) >= 11 is 3.04. The minimum atomic E-state index is -3.69. The Morgan fingerprint density at radius 2 is 2.19 bits per heavy atom. The van der Waals surface area contributed by atoms with E-state index in [1.54, 1.807) is 0 Å². The van der Waals surface area contributed by atoms with Crippen molar-refractivity contribution in [3.8, 4) is 5.75 Å². The Morgan fingerprint density at radius 1 is 1.52 bits per heavy atom. The van der Waals surface area contributed by atoms with Crippen LogP contribution in [0.4, 0.5) is 10.1 Å².